The van der Waals surface area contributed by atoms with Crippen LogP contribution in [0.4, 0.5) is 0 Å². The van der Waals surface area contributed by atoms with Crippen molar-refractivity contribution in [1.82, 2.24) is 4.98 Å². The highest BCUT2D eigenvalue weighted by atomic mass is 16.5. The van der Waals surface area contributed by atoms with Crippen molar-refractivity contribution < 1.29 is 29.6 Å². The number of unbranched alkanes of at least 4 members (excludes halogenated alkanes) is 2. The van der Waals surface area contributed by atoms with Gasteiger partial charge in [0.2, 0.25) is 0 Å². The van der Waals surface area contributed by atoms with Crippen LogP contribution in [0.2, 0.25) is 0 Å². The van der Waals surface area contributed by atoms with Crippen molar-refractivity contribution in [2.75, 3.05) is 14.2 Å². The highest BCUT2D eigenvalue weighted by molar-refractivity contribution is 5.87. The standard InChI is InChI=1S/C36H44N2O6/c1-4-5-6-7-30-18-27(23-38-30)17-29(15-25-9-11-32(40)36(20-25)44-3)34(42)21-33(41)28(16-26-12-13-37-22-26)14-24-8-10-31(39)35(19-24)43-2/h8-13,18-20,22-23,28-29,33,39-41H,4-7,14-17,21H2,1-3H3. The van der Waals surface area contributed by atoms with Crippen LogP contribution < -0.4 is 14.5 Å². The predicted octanol–water partition coefficient (Wildman–Crippen LogP) is 6.17. The van der Waals surface area contributed by atoms with Gasteiger partial charge < -0.3 is 29.8 Å². The Bertz CT molecular complexity index is 1410. The van der Waals surface area contributed by atoms with Crippen LogP contribution in [-0.2, 0) is 24.1 Å². The van der Waals surface area contributed by atoms with E-state index in [1.165, 1.54) is 14.2 Å². The first-order valence-electron chi connectivity index (χ1n) is 15.4. The lowest BCUT2D eigenvalue weighted by Crippen LogP contribution is -2.30. The zero-order chi connectivity index (χ0) is 31.5. The SMILES string of the molecule is CCCCC[C+]1C=C(CC(Cc2ccc(O)c(OC)c2)C(=O)CC(O)C(Cc2cc[n-]c2)Cc2ccc(O)c(OC)c2)C=N1. The maximum Gasteiger partial charge on any atom is 0.176 e. The van der Waals surface area contributed by atoms with Gasteiger partial charge in [0, 0.05) is 25.2 Å². The summed E-state index contributed by atoms with van der Waals surface area (Å²) in [5.41, 5.74) is 3.75. The van der Waals surface area contributed by atoms with E-state index in [4.69, 9.17) is 9.47 Å². The van der Waals surface area contributed by atoms with Crippen LogP contribution in [0, 0.1) is 17.9 Å². The highest BCUT2D eigenvalue weighted by Gasteiger charge is 2.31. The molecule has 8 heteroatoms. The number of hydrogen-bond acceptors (Lipinski definition) is 7. The molecule has 234 valence electrons. The summed E-state index contributed by atoms with van der Waals surface area (Å²) in [5, 5.41) is 31.7. The molecule has 0 amide bonds. The number of Topliss-reactive ketones (excluding diaryl/α,β-unsaturated/α-hetero) is 1. The van der Waals surface area contributed by atoms with Crippen molar-refractivity contribution in [3.8, 4) is 23.0 Å². The van der Waals surface area contributed by atoms with Gasteiger partial charge in [0.25, 0.3) is 0 Å². The Morgan fingerprint density at radius 3 is 2.18 bits per heavy atom. The smallest absolute Gasteiger partial charge is 0.176 e. The van der Waals surface area contributed by atoms with Gasteiger partial charge in [-0.3, -0.25) is 4.79 Å². The summed E-state index contributed by atoms with van der Waals surface area (Å²) in [5.74, 6) is 0.111. The largest absolute Gasteiger partial charge is 0.670 e. The molecule has 4 rings (SSSR count). The maximum atomic E-state index is 14.0. The molecule has 0 saturated carbocycles. The molecule has 3 unspecified atom stereocenters. The van der Waals surface area contributed by atoms with E-state index < -0.39 is 12.0 Å². The number of aliphatic hydroxyl groups excluding tert-OH is 1. The number of hydrogen-bond donors (Lipinski definition) is 3. The molecule has 0 fully saturated rings. The van der Waals surface area contributed by atoms with Gasteiger partial charge in [0.15, 0.2) is 29.2 Å². The number of phenols is 2. The number of phenolic OH excluding ortho intramolecular Hbond substituents is 2. The monoisotopic (exact) mass is 600 g/mol. The van der Waals surface area contributed by atoms with E-state index >= 15 is 0 Å². The Kier molecular flexibility index (Phi) is 11.9. The summed E-state index contributed by atoms with van der Waals surface area (Å²) in [6.45, 7) is 2.18. The second-order valence-electron chi connectivity index (χ2n) is 11.6. The van der Waals surface area contributed by atoms with Crippen LogP contribution in [0.5, 0.6) is 23.0 Å². The molecule has 0 aliphatic carbocycles. The number of carbonyl (C=O) groups excluding carboxylic acids is 1. The minimum Gasteiger partial charge on any atom is -0.670 e. The summed E-state index contributed by atoms with van der Waals surface area (Å²) >= 11 is 0. The van der Waals surface area contributed by atoms with Gasteiger partial charge in [-0.1, -0.05) is 43.5 Å². The molecule has 0 saturated heterocycles. The average molecular weight is 601 g/mol. The third kappa shape index (κ3) is 9.16. The molecule has 8 nitrogen and oxygen atoms in total. The number of ether oxygens (including phenoxy) is 2. The first-order chi connectivity index (χ1) is 21.3. The number of rotatable bonds is 18. The van der Waals surface area contributed by atoms with Crippen molar-refractivity contribution in [3.63, 3.8) is 0 Å². The Labute approximate surface area is 260 Å². The Morgan fingerprint density at radius 1 is 0.909 bits per heavy atom. The van der Waals surface area contributed by atoms with E-state index in [2.05, 4.69) is 23.0 Å². The number of allylic oxidation sites excluding steroid dienone is 1. The van der Waals surface area contributed by atoms with Gasteiger partial charge >= 0.3 is 0 Å². The lowest BCUT2D eigenvalue weighted by Gasteiger charge is -2.25. The molecule has 3 aromatic rings. The molecular formula is C36H44N2O6. The summed E-state index contributed by atoms with van der Waals surface area (Å²) in [7, 11) is 3.00. The average Bonchev–Trinajstić information content (AvgIpc) is 3.70. The number of methoxy groups -OCH3 is 2. The number of aromatic nitrogens is 1. The first-order valence-corrected chi connectivity index (χ1v) is 15.4. The lowest BCUT2D eigenvalue weighted by atomic mass is 9.82. The van der Waals surface area contributed by atoms with E-state index in [1.54, 1.807) is 42.7 Å². The van der Waals surface area contributed by atoms with Crippen LogP contribution in [0.3, 0.4) is 0 Å². The van der Waals surface area contributed by atoms with Gasteiger partial charge in [-0.05, 0) is 67.0 Å². The van der Waals surface area contributed by atoms with Crippen molar-refractivity contribution in [1.29, 1.82) is 0 Å². The van der Waals surface area contributed by atoms with Crippen LogP contribution in [0.15, 0.2) is 71.5 Å². The Hall–Kier alpha value is -4.17. The van der Waals surface area contributed by atoms with Gasteiger partial charge in [-0.15, -0.1) is 4.99 Å². The van der Waals surface area contributed by atoms with Gasteiger partial charge in [-0.2, -0.15) is 12.4 Å². The summed E-state index contributed by atoms with van der Waals surface area (Å²) in [4.78, 5) is 22.7. The van der Waals surface area contributed by atoms with E-state index in [9.17, 15) is 20.1 Å². The number of benzene rings is 2. The van der Waals surface area contributed by atoms with E-state index in [1.807, 2.05) is 18.3 Å². The minimum absolute atomic E-state index is 0.00853. The minimum atomic E-state index is -0.906. The van der Waals surface area contributed by atoms with Crippen molar-refractivity contribution in [2.24, 2.45) is 16.8 Å². The molecule has 1 aromatic heterocycles. The van der Waals surface area contributed by atoms with E-state index in [-0.39, 0.29) is 29.6 Å². The van der Waals surface area contributed by atoms with Crippen molar-refractivity contribution >= 4 is 12.0 Å². The van der Waals surface area contributed by atoms with Crippen LogP contribution in [-0.4, -0.2) is 47.6 Å². The molecule has 1 aliphatic rings. The molecule has 2 heterocycles. The molecular weight excluding hydrogens is 556 g/mol. The fraction of sp³-hybridized carbons (Fsp3) is 0.417. The lowest BCUT2D eigenvalue weighted by molar-refractivity contribution is -0.125. The second-order valence-corrected chi connectivity index (χ2v) is 11.6. The van der Waals surface area contributed by atoms with Crippen molar-refractivity contribution in [3.05, 3.63) is 89.2 Å². The summed E-state index contributed by atoms with van der Waals surface area (Å²) in [6.07, 6.45) is 12.8. The first kappa shape index (κ1) is 32.7. The zero-order valence-electron chi connectivity index (χ0n) is 25.9. The topological polar surface area (TPSA) is 123 Å². The zero-order valence-corrected chi connectivity index (χ0v) is 25.9. The quantitative estimate of drug-likeness (QED) is 0.118. The third-order valence-electron chi connectivity index (χ3n) is 8.26. The normalized spacial score (nSPS) is 14.7. The number of aromatic hydroxyl groups is 2. The van der Waals surface area contributed by atoms with Crippen LogP contribution in [0.1, 0.15) is 62.1 Å². The molecule has 0 radical (unpaired) electrons. The molecule has 3 N–H and O–H groups in total. The molecule has 3 atom stereocenters. The van der Waals surface area contributed by atoms with Crippen LogP contribution >= 0.6 is 0 Å². The second kappa shape index (κ2) is 16.1. The fourth-order valence-electron chi connectivity index (χ4n) is 5.76. The van der Waals surface area contributed by atoms with Crippen molar-refractivity contribution in [2.45, 2.75) is 70.8 Å². The van der Waals surface area contributed by atoms with Crippen LogP contribution in [0.25, 0.3) is 0 Å². The van der Waals surface area contributed by atoms with E-state index in [0.29, 0.717) is 37.2 Å². The molecule has 0 spiro atoms. The number of aliphatic imine (C=N–C) groups is 1. The van der Waals surface area contributed by atoms with E-state index in [0.717, 1.165) is 54.0 Å². The number of ketones is 1. The van der Waals surface area contributed by atoms with Gasteiger partial charge in [-0.25, -0.2) is 0 Å². The summed E-state index contributed by atoms with van der Waals surface area (Å²) in [6, 6.07) is 13.3. The fourth-order valence-corrected chi connectivity index (χ4v) is 5.76. The van der Waals surface area contributed by atoms with Gasteiger partial charge in [0.1, 0.15) is 17.4 Å². The number of carbonyl (C=O) groups is 1. The Morgan fingerprint density at radius 2 is 1.57 bits per heavy atom. The molecule has 1 aliphatic heterocycles. The molecule has 0 bridgehead atoms. The number of aliphatic hydroxyl groups is 1. The predicted molar refractivity (Wildman–Crippen MR) is 171 cm³/mol. The highest BCUT2D eigenvalue weighted by Crippen LogP contribution is 2.32. The maximum absolute atomic E-state index is 14.0. The Balaban J connectivity index is 1.53. The van der Waals surface area contributed by atoms with Gasteiger partial charge in [0.05, 0.1) is 26.4 Å². The molecule has 2 aromatic carbocycles. The molecule has 44 heavy (non-hydrogen) atoms. The number of nitrogens with zero attached hydrogens (tertiary/aromatic N) is 2. The summed E-state index contributed by atoms with van der Waals surface area (Å²) < 4.78 is 10.6. The third-order valence-corrected chi connectivity index (χ3v) is 8.26.